The highest BCUT2D eigenvalue weighted by Crippen LogP contribution is 2.13. The van der Waals surface area contributed by atoms with Gasteiger partial charge in [0.15, 0.2) is 5.82 Å². The fraction of sp³-hybridized carbons (Fsp3) is 0.636. The topological polar surface area (TPSA) is 85.1 Å². The first-order valence-corrected chi connectivity index (χ1v) is 7.18. The Kier molecular flexibility index (Phi) is 6.77. The number of ether oxygens (including phenoxy) is 1. The molecule has 0 fully saturated rings. The third kappa shape index (κ3) is 5.07. The Bertz CT molecular complexity index is 363. The van der Waals surface area contributed by atoms with Crippen LogP contribution in [0.3, 0.4) is 0 Å². The number of methoxy groups -OCH3 is 1. The van der Waals surface area contributed by atoms with Crippen LogP contribution in [-0.4, -0.2) is 35.1 Å². The van der Waals surface area contributed by atoms with E-state index in [-0.39, 0.29) is 0 Å². The summed E-state index contributed by atoms with van der Waals surface area (Å²) in [5.41, 5.74) is 2.53. The summed E-state index contributed by atoms with van der Waals surface area (Å²) in [6.45, 7) is 2.49. The molecule has 0 bridgehead atoms. The first-order valence-electron chi connectivity index (χ1n) is 5.78. The Hall–Kier alpha value is -1.05. The van der Waals surface area contributed by atoms with Crippen LogP contribution < -0.4 is 16.6 Å². The molecule has 1 aromatic heterocycles. The van der Waals surface area contributed by atoms with Crippen molar-refractivity contribution in [2.75, 3.05) is 29.9 Å². The van der Waals surface area contributed by atoms with Crippen molar-refractivity contribution in [1.82, 2.24) is 9.97 Å². The van der Waals surface area contributed by atoms with Gasteiger partial charge in [0.05, 0.1) is 0 Å². The van der Waals surface area contributed by atoms with E-state index in [1.807, 2.05) is 11.8 Å². The van der Waals surface area contributed by atoms with Crippen molar-refractivity contribution in [2.24, 2.45) is 5.84 Å². The van der Waals surface area contributed by atoms with Crippen LogP contribution in [0.5, 0.6) is 0 Å². The maximum absolute atomic E-state index is 5.38. The molecule has 0 amide bonds. The van der Waals surface area contributed by atoms with Crippen LogP contribution in [-0.2, 0) is 11.3 Å². The van der Waals surface area contributed by atoms with Crippen molar-refractivity contribution in [3.05, 3.63) is 11.9 Å². The molecule has 0 radical (unpaired) electrons. The monoisotopic (exact) mass is 271 g/mol. The van der Waals surface area contributed by atoms with Gasteiger partial charge in [-0.25, -0.2) is 15.8 Å². The van der Waals surface area contributed by atoms with Gasteiger partial charge in [-0.1, -0.05) is 0 Å². The zero-order valence-corrected chi connectivity index (χ0v) is 11.9. The fourth-order valence-electron chi connectivity index (χ4n) is 1.46. The number of hydrazine groups is 1. The van der Waals surface area contributed by atoms with Gasteiger partial charge < -0.3 is 15.5 Å². The van der Waals surface area contributed by atoms with E-state index < -0.39 is 0 Å². The molecule has 0 saturated carbocycles. The predicted octanol–water partition coefficient (Wildman–Crippen LogP) is 1.46. The van der Waals surface area contributed by atoms with Gasteiger partial charge in [0.2, 0.25) is 0 Å². The predicted molar refractivity (Wildman–Crippen MR) is 76.6 cm³/mol. The number of nitrogens with two attached hydrogens (primary N) is 1. The number of rotatable bonds is 8. The lowest BCUT2D eigenvalue weighted by Gasteiger charge is -2.15. The van der Waals surface area contributed by atoms with E-state index in [0.29, 0.717) is 24.3 Å². The van der Waals surface area contributed by atoms with Crippen LogP contribution in [0.25, 0.3) is 0 Å². The van der Waals surface area contributed by atoms with Crippen LogP contribution in [0.2, 0.25) is 0 Å². The molecule has 0 saturated heterocycles. The number of hydrogen-bond acceptors (Lipinski definition) is 7. The van der Waals surface area contributed by atoms with E-state index >= 15 is 0 Å². The van der Waals surface area contributed by atoms with Gasteiger partial charge >= 0.3 is 0 Å². The maximum atomic E-state index is 5.38. The second-order valence-electron chi connectivity index (χ2n) is 3.96. The number of anilines is 2. The van der Waals surface area contributed by atoms with E-state index in [2.05, 4.69) is 33.9 Å². The lowest BCUT2D eigenvalue weighted by Crippen LogP contribution is -2.19. The van der Waals surface area contributed by atoms with E-state index in [1.165, 1.54) is 0 Å². The summed E-state index contributed by atoms with van der Waals surface area (Å²) in [6, 6.07) is 2.14. The molecular weight excluding hydrogens is 250 g/mol. The van der Waals surface area contributed by atoms with E-state index in [4.69, 9.17) is 10.6 Å². The summed E-state index contributed by atoms with van der Waals surface area (Å²) in [5, 5.41) is 3.33. The largest absolute Gasteiger partial charge is 0.377 e. The van der Waals surface area contributed by atoms with Crippen molar-refractivity contribution in [2.45, 2.75) is 26.0 Å². The highest BCUT2D eigenvalue weighted by molar-refractivity contribution is 7.98. The van der Waals surface area contributed by atoms with Gasteiger partial charge in [0.25, 0.3) is 0 Å². The van der Waals surface area contributed by atoms with Crippen LogP contribution in [0, 0.1) is 0 Å². The van der Waals surface area contributed by atoms with Gasteiger partial charge in [-0.15, -0.1) is 0 Å². The molecular formula is C11H21N5OS. The smallest absolute Gasteiger partial charge is 0.158 e. The first kappa shape index (κ1) is 15.0. The summed E-state index contributed by atoms with van der Waals surface area (Å²) in [7, 11) is 1.61. The summed E-state index contributed by atoms with van der Waals surface area (Å²) in [4.78, 5) is 8.56. The Labute approximate surface area is 112 Å². The number of nitrogens with one attached hydrogen (secondary N) is 2. The van der Waals surface area contributed by atoms with Gasteiger partial charge in [-0.05, 0) is 25.4 Å². The standard InChI is InChI=1S/C11H21N5OS/c1-8(4-5-18-3)13-9-6-10(16-12)15-11(14-9)7-17-2/h6,8H,4-5,7,12H2,1-3H3,(H2,13,14,15,16). The summed E-state index contributed by atoms with van der Waals surface area (Å²) >= 11 is 1.83. The third-order valence-corrected chi connectivity index (χ3v) is 2.99. The van der Waals surface area contributed by atoms with Crippen molar-refractivity contribution in [3.8, 4) is 0 Å². The Balaban J connectivity index is 2.71. The van der Waals surface area contributed by atoms with Crippen molar-refractivity contribution in [1.29, 1.82) is 0 Å². The van der Waals surface area contributed by atoms with E-state index in [1.54, 1.807) is 13.2 Å². The molecule has 4 N–H and O–H groups in total. The Morgan fingerprint density at radius 2 is 2.17 bits per heavy atom. The molecule has 0 aliphatic rings. The second kappa shape index (κ2) is 8.12. The number of nitrogens with zero attached hydrogens (tertiary/aromatic N) is 2. The molecule has 1 unspecified atom stereocenters. The highest BCUT2D eigenvalue weighted by Gasteiger charge is 2.07. The van der Waals surface area contributed by atoms with Crippen LogP contribution >= 0.6 is 11.8 Å². The third-order valence-electron chi connectivity index (χ3n) is 2.34. The molecule has 1 heterocycles. The molecule has 102 valence electrons. The number of aromatic nitrogens is 2. The van der Waals surface area contributed by atoms with Crippen LogP contribution in [0.15, 0.2) is 6.07 Å². The fourth-order valence-corrected chi connectivity index (χ4v) is 2.05. The minimum Gasteiger partial charge on any atom is -0.377 e. The molecule has 18 heavy (non-hydrogen) atoms. The quantitative estimate of drug-likeness (QED) is 0.487. The zero-order chi connectivity index (χ0) is 13.4. The van der Waals surface area contributed by atoms with E-state index in [0.717, 1.165) is 18.0 Å². The summed E-state index contributed by atoms with van der Waals surface area (Å²) < 4.78 is 5.03. The SMILES string of the molecule is COCc1nc(NN)cc(NC(C)CCSC)n1. The number of hydrogen-bond donors (Lipinski definition) is 3. The average molecular weight is 271 g/mol. The Morgan fingerprint density at radius 1 is 1.44 bits per heavy atom. The minimum atomic E-state index is 0.355. The van der Waals surface area contributed by atoms with Crippen molar-refractivity contribution < 1.29 is 4.74 Å². The number of nitrogen functional groups attached to an aromatic ring is 1. The average Bonchev–Trinajstić information content (AvgIpc) is 2.36. The zero-order valence-electron chi connectivity index (χ0n) is 11.1. The number of thioether (sulfide) groups is 1. The second-order valence-corrected chi connectivity index (χ2v) is 4.94. The highest BCUT2D eigenvalue weighted by atomic mass is 32.2. The first-order chi connectivity index (χ1) is 8.69. The summed E-state index contributed by atoms with van der Waals surface area (Å²) in [5.74, 6) is 8.45. The normalized spacial score (nSPS) is 12.2. The van der Waals surface area contributed by atoms with Crippen molar-refractivity contribution in [3.63, 3.8) is 0 Å². The van der Waals surface area contributed by atoms with Crippen LogP contribution in [0.1, 0.15) is 19.2 Å². The van der Waals surface area contributed by atoms with Gasteiger partial charge in [-0.3, -0.25) is 0 Å². The minimum absolute atomic E-state index is 0.355. The molecule has 0 aliphatic carbocycles. The molecule has 6 nitrogen and oxygen atoms in total. The lowest BCUT2D eigenvalue weighted by atomic mass is 10.2. The molecule has 1 aromatic rings. The molecule has 0 aromatic carbocycles. The van der Waals surface area contributed by atoms with E-state index in [9.17, 15) is 0 Å². The molecule has 1 rings (SSSR count). The molecule has 7 heteroatoms. The van der Waals surface area contributed by atoms with Crippen LogP contribution in [0.4, 0.5) is 11.6 Å². The maximum Gasteiger partial charge on any atom is 0.158 e. The Morgan fingerprint density at radius 3 is 2.78 bits per heavy atom. The van der Waals surface area contributed by atoms with Gasteiger partial charge in [0.1, 0.15) is 18.2 Å². The lowest BCUT2D eigenvalue weighted by molar-refractivity contribution is 0.178. The van der Waals surface area contributed by atoms with Gasteiger partial charge in [0, 0.05) is 19.2 Å². The molecule has 1 atom stereocenters. The molecule has 0 aliphatic heterocycles. The van der Waals surface area contributed by atoms with Crippen molar-refractivity contribution >= 4 is 23.4 Å². The summed E-state index contributed by atoms with van der Waals surface area (Å²) in [6.07, 6.45) is 3.18. The molecule has 0 spiro atoms. The van der Waals surface area contributed by atoms with Gasteiger partial charge in [-0.2, -0.15) is 11.8 Å².